The zero-order chi connectivity index (χ0) is 19.3. The fourth-order valence-electron chi connectivity index (χ4n) is 3.33. The minimum absolute atomic E-state index is 0.177. The highest BCUT2D eigenvalue weighted by atomic mass is 35.5. The minimum atomic E-state index is -4.62. The summed E-state index contributed by atoms with van der Waals surface area (Å²) in [6.45, 7) is -0.245. The maximum absolute atomic E-state index is 13.0. The maximum atomic E-state index is 13.0. The van der Waals surface area contributed by atoms with Crippen molar-refractivity contribution in [3.63, 3.8) is 0 Å². The van der Waals surface area contributed by atoms with E-state index in [-0.39, 0.29) is 12.4 Å². The van der Waals surface area contributed by atoms with Gasteiger partial charge in [-0.05, 0) is 37.3 Å². The first-order valence-electron chi connectivity index (χ1n) is 8.28. The lowest BCUT2D eigenvalue weighted by Crippen LogP contribution is -2.24. The van der Waals surface area contributed by atoms with Crippen LogP contribution >= 0.6 is 22.9 Å². The molecule has 1 aliphatic carbocycles. The lowest BCUT2D eigenvalue weighted by Gasteiger charge is -2.12. The van der Waals surface area contributed by atoms with Gasteiger partial charge in [0.05, 0.1) is 17.5 Å². The van der Waals surface area contributed by atoms with Gasteiger partial charge < -0.3 is 10.3 Å². The molecular weight excluding hydrogens is 401 g/mol. The van der Waals surface area contributed by atoms with Gasteiger partial charge in [-0.2, -0.15) is 13.2 Å². The van der Waals surface area contributed by atoms with Crippen LogP contribution in [0.5, 0.6) is 0 Å². The standard InChI is InChI=1S/C17H14ClF3N4OS/c18-10-5-8(17(19,20)21)6-25(16(10)26)7-12-23-14(22)13-9-3-1-2-4-11(9)27-15(13)24-12/h5-6H,1-4,7H2,(H2,22,23,24). The quantitative estimate of drug-likeness (QED) is 0.687. The van der Waals surface area contributed by atoms with Gasteiger partial charge >= 0.3 is 6.18 Å². The minimum Gasteiger partial charge on any atom is -0.383 e. The number of nitrogen functional groups attached to an aromatic ring is 1. The lowest BCUT2D eigenvalue weighted by atomic mass is 9.97. The molecule has 0 unspecified atom stereocenters. The van der Waals surface area contributed by atoms with E-state index in [4.69, 9.17) is 17.3 Å². The van der Waals surface area contributed by atoms with Gasteiger partial charge in [0.2, 0.25) is 0 Å². The van der Waals surface area contributed by atoms with Gasteiger partial charge in [-0.1, -0.05) is 11.6 Å². The molecule has 0 bridgehead atoms. The second kappa shape index (κ2) is 6.49. The highest BCUT2D eigenvalue weighted by Gasteiger charge is 2.32. The molecular formula is C17H14ClF3N4OS. The Bertz CT molecular complexity index is 1110. The highest BCUT2D eigenvalue weighted by Crippen LogP contribution is 2.37. The van der Waals surface area contributed by atoms with Crippen LogP contribution in [0.3, 0.4) is 0 Å². The van der Waals surface area contributed by atoms with Gasteiger partial charge in [0, 0.05) is 11.1 Å². The predicted molar refractivity (Wildman–Crippen MR) is 98.3 cm³/mol. The van der Waals surface area contributed by atoms with Crippen molar-refractivity contribution in [2.75, 3.05) is 5.73 Å². The summed E-state index contributed by atoms with van der Waals surface area (Å²) in [6, 6.07) is 0.617. The first-order valence-corrected chi connectivity index (χ1v) is 9.47. The average molecular weight is 415 g/mol. The van der Waals surface area contributed by atoms with Crippen molar-refractivity contribution in [2.24, 2.45) is 0 Å². The summed E-state index contributed by atoms with van der Waals surface area (Å²) in [5, 5.41) is 0.318. The van der Waals surface area contributed by atoms with Crippen molar-refractivity contribution >= 4 is 39.0 Å². The maximum Gasteiger partial charge on any atom is 0.417 e. The van der Waals surface area contributed by atoms with Crippen LogP contribution in [-0.4, -0.2) is 14.5 Å². The Morgan fingerprint density at radius 2 is 2.00 bits per heavy atom. The lowest BCUT2D eigenvalue weighted by molar-refractivity contribution is -0.138. The van der Waals surface area contributed by atoms with E-state index in [1.807, 2.05) is 0 Å². The summed E-state index contributed by atoms with van der Waals surface area (Å²) in [5.74, 6) is 0.469. The molecule has 0 saturated heterocycles. The number of hydrogen-bond donors (Lipinski definition) is 1. The van der Waals surface area contributed by atoms with Crippen LogP contribution in [0.25, 0.3) is 10.2 Å². The van der Waals surface area contributed by atoms with Gasteiger partial charge in [-0.3, -0.25) is 4.79 Å². The fourth-order valence-corrected chi connectivity index (χ4v) is 4.84. The van der Waals surface area contributed by atoms with Crippen LogP contribution < -0.4 is 11.3 Å². The molecule has 3 heterocycles. The molecule has 0 aromatic carbocycles. The number of anilines is 1. The molecule has 0 amide bonds. The van der Waals surface area contributed by atoms with Crippen molar-refractivity contribution in [3.05, 3.63) is 49.5 Å². The molecule has 0 fully saturated rings. The first-order chi connectivity index (χ1) is 12.7. The van der Waals surface area contributed by atoms with E-state index in [1.165, 1.54) is 21.8 Å². The van der Waals surface area contributed by atoms with Crippen LogP contribution in [-0.2, 0) is 25.6 Å². The van der Waals surface area contributed by atoms with Crippen molar-refractivity contribution in [1.82, 2.24) is 14.5 Å². The average Bonchev–Trinajstić information content (AvgIpc) is 2.96. The van der Waals surface area contributed by atoms with Gasteiger partial charge in [0.15, 0.2) is 5.82 Å². The molecule has 4 rings (SSSR count). The van der Waals surface area contributed by atoms with E-state index in [0.29, 0.717) is 16.7 Å². The first kappa shape index (κ1) is 18.2. The van der Waals surface area contributed by atoms with Crippen LogP contribution in [0, 0.1) is 0 Å². The third kappa shape index (κ3) is 3.29. The van der Waals surface area contributed by atoms with Crippen molar-refractivity contribution in [2.45, 2.75) is 38.4 Å². The third-order valence-electron chi connectivity index (χ3n) is 4.57. The van der Waals surface area contributed by atoms with Gasteiger partial charge in [0.25, 0.3) is 5.56 Å². The zero-order valence-corrected chi connectivity index (χ0v) is 15.5. The van der Waals surface area contributed by atoms with Crippen molar-refractivity contribution in [3.8, 4) is 0 Å². The van der Waals surface area contributed by atoms with E-state index < -0.39 is 22.3 Å². The molecule has 2 N–H and O–H groups in total. The summed E-state index contributed by atoms with van der Waals surface area (Å²) < 4.78 is 39.9. The Balaban J connectivity index is 1.78. The SMILES string of the molecule is Nc1nc(Cn2cc(C(F)(F)F)cc(Cl)c2=O)nc2sc3c(c12)CCCC3. The number of alkyl halides is 3. The molecule has 5 nitrogen and oxygen atoms in total. The number of hydrogen-bond acceptors (Lipinski definition) is 5. The van der Waals surface area contributed by atoms with Crippen LogP contribution in [0.2, 0.25) is 5.02 Å². The normalized spacial score (nSPS) is 14.5. The Kier molecular flexibility index (Phi) is 4.38. The second-order valence-electron chi connectivity index (χ2n) is 6.42. The number of aryl methyl sites for hydroxylation is 2. The molecule has 142 valence electrons. The molecule has 27 heavy (non-hydrogen) atoms. The molecule has 0 aliphatic heterocycles. The number of fused-ring (bicyclic) bond motifs is 3. The summed E-state index contributed by atoms with van der Waals surface area (Å²) in [6.07, 6.45) is 0.183. The van der Waals surface area contributed by atoms with Gasteiger partial charge in [-0.25, -0.2) is 9.97 Å². The predicted octanol–water partition coefficient (Wildman–Crippen LogP) is 4.03. The van der Waals surface area contributed by atoms with E-state index in [0.717, 1.165) is 41.8 Å². The summed E-state index contributed by atoms with van der Waals surface area (Å²) in [4.78, 5) is 22.7. The molecule has 10 heteroatoms. The smallest absolute Gasteiger partial charge is 0.383 e. The molecule has 3 aromatic rings. The Hall–Kier alpha value is -2.13. The molecule has 0 atom stereocenters. The number of halogens is 4. The highest BCUT2D eigenvalue weighted by molar-refractivity contribution is 7.19. The second-order valence-corrected chi connectivity index (χ2v) is 7.91. The van der Waals surface area contributed by atoms with Gasteiger partial charge in [0.1, 0.15) is 15.7 Å². The third-order valence-corrected chi connectivity index (χ3v) is 6.03. The fraction of sp³-hybridized carbons (Fsp3) is 0.353. The topological polar surface area (TPSA) is 73.8 Å². The number of rotatable bonds is 2. The number of aromatic nitrogens is 3. The largest absolute Gasteiger partial charge is 0.417 e. The molecule has 1 aliphatic rings. The van der Waals surface area contributed by atoms with E-state index >= 15 is 0 Å². The van der Waals surface area contributed by atoms with Crippen LogP contribution in [0.4, 0.5) is 19.0 Å². The monoisotopic (exact) mass is 414 g/mol. The van der Waals surface area contributed by atoms with E-state index in [9.17, 15) is 18.0 Å². The van der Waals surface area contributed by atoms with E-state index in [1.54, 1.807) is 0 Å². The van der Waals surface area contributed by atoms with Crippen LogP contribution in [0.15, 0.2) is 17.1 Å². The Morgan fingerprint density at radius 3 is 2.74 bits per heavy atom. The summed E-state index contributed by atoms with van der Waals surface area (Å²) >= 11 is 7.22. The summed E-state index contributed by atoms with van der Waals surface area (Å²) in [7, 11) is 0. The van der Waals surface area contributed by atoms with E-state index in [2.05, 4.69) is 9.97 Å². The Morgan fingerprint density at radius 1 is 1.26 bits per heavy atom. The van der Waals surface area contributed by atoms with Crippen LogP contribution in [0.1, 0.15) is 34.7 Å². The molecule has 0 spiro atoms. The molecule has 0 saturated carbocycles. The number of thiophene rings is 1. The van der Waals surface area contributed by atoms with Crippen molar-refractivity contribution in [1.29, 1.82) is 0 Å². The number of nitrogens with zero attached hydrogens (tertiary/aromatic N) is 3. The van der Waals surface area contributed by atoms with Crippen molar-refractivity contribution < 1.29 is 13.2 Å². The molecule has 3 aromatic heterocycles. The number of pyridine rings is 1. The Labute approximate surface area is 160 Å². The van der Waals surface area contributed by atoms with Gasteiger partial charge in [-0.15, -0.1) is 11.3 Å². The number of nitrogens with two attached hydrogens (primary N) is 1. The summed E-state index contributed by atoms with van der Waals surface area (Å²) in [5.41, 5.74) is 5.53. The molecule has 0 radical (unpaired) electrons. The zero-order valence-electron chi connectivity index (χ0n) is 13.9.